The summed E-state index contributed by atoms with van der Waals surface area (Å²) >= 11 is 0. The minimum Gasteiger partial charge on any atom is -0.480 e. The Morgan fingerprint density at radius 3 is 2.41 bits per heavy atom. The number of hydrogen-bond acceptors (Lipinski definition) is 2. The zero-order chi connectivity index (χ0) is 13.0. The second-order valence-corrected chi connectivity index (χ2v) is 4.87. The summed E-state index contributed by atoms with van der Waals surface area (Å²) in [5.41, 5.74) is 0. The van der Waals surface area contributed by atoms with Crippen molar-refractivity contribution in [1.29, 1.82) is 0 Å². The molecule has 1 rings (SSSR count). The van der Waals surface area contributed by atoms with Gasteiger partial charge in [0, 0.05) is 19.6 Å². The van der Waals surface area contributed by atoms with Crippen LogP contribution in [-0.4, -0.2) is 53.1 Å². The third kappa shape index (κ3) is 4.24. The number of hydrogen-bond donors (Lipinski definition) is 1. The Hall–Kier alpha value is -1.26. The lowest BCUT2D eigenvalue weighted by molar-refractivity contribution is -0.137. The van der Waals surface area contributed by atoms with Crippen molar-refractivity contribution in [3.8, 4) is 0 Å². The van der Waals surface area contributed by atoms with Crippen LogP contribution in [0.25, 0.3) is 0 Å². The highest BCUT2D eigenvalue weighted by atomic mass is 16.4. The molecule has 0 radical (unpaired) electrons. The first-order valence-corrected chi connectivity index (χ1v) is 6.19. The second kappa shape index (κ2) is 5.89. The van der Waals surface area contributed by atoms with E-state index in [9.17, 15) is 9.59 Å². The van der Waals surface area contributed by atoms with Crippen molar-refractivity contribution in [3.05, 3.63) is 0 Å². The minimum atomic E-state index is -0.948. The van der Waals surface area contributed by atoms with Crippen molar-refractivity contribution in [2.45, 2.75) is 39.2 Å². The van der Waals surface area contributed by atoms with Crippen molar-refractivity contribution in [2.24, 2.45) is 5.92 Å². The predicted octanol–water partition coefficient (Wildman–Crippen LogP) is 1.63. The van der Waals surface area contributed by atoms with E-state index in [1.165, 1.54) is 4.90 Å². The van der Waals surface area contributed by atoms with Crippen LogP contribution in [-0.2, 0) is 4.79 Å². The number of urea groups is 1. The number of carboxylic acids is 1. The van der Waals surface area contributed by atoms with Crippen LogP contribution in [0.15, 0.2) is 0 Å². The molecule has 98 valence electrons. The number of carbonyl (C=O) groups is 2. The van der Waals surface area contributed by atoms with Crippen molar-refractivity contribution < 1.29 is 14.7 Å². The normalized spacial score (nSPS) is 16.4. The molecule has 1 unspecified atom stereocenters. The molecule has 1 fully saturated rings. The van der Waals surface area contributed by atoms with Crippen LogP contribution < -0.4 is 0 Å². The van der Waals surface area contributed by atoms with E-state index < -0.39 is 5.97 Å². The van der Waals surface area contributed by atoms with Crippen molar-refractivity contribution in [3.63, 3.8) is 0 Å². The summed E-state index contributed by atoms with van der Waals surface area (Å²) in [6.45, 7) is 4.35. The molecule has 0 heterocycles. The van der Waals surface area contributed by atoms with Gasteiger partial charge in [-0.25, -0.2) is 4.79 Å². The Bertz CT molecular complexity index is 289. The van der Waals surface area contributed by atoms with Crippen molar-refractivity contribution in [1.82, 2.24) is 9.80 Å². The summed E-state index contributed by atoms with van der Waals surface area (Å²) in [5.74, 6) is -0.444. The van der Waals surface area contributed by atoms with Crippen LogP contribution in [0.3, 0.4) is 0 Å². The molecule has 1 saturated carbocycles. The standard InChI is InChI=1S/C12H22N2O3/c1-4-9(2)13(3)12(17)14(8-11(15)16)7-10-5-6-10/h9-10H,4-8H2,1-3H3,(H,15,16). The van der Waals surface area contributed by atoms with Gasteiger partial charge in [0.05, 0.1) is 0 Å². The van der Waals surface area contributed by atoms with Gasteiger partial charge in [-0.3, -0.25) is 4.79 Å². The van der Waals surface area contributed by atoms with Crippen molar-refractivity contribution in [2.75, 3.05) is 20.1 Å². The monoisotopic (exact) mass is 242 g/mol. The molecule has 5 nitrogen and oxygen atoms in total. The largest absolute Gasteiger partial charge is 0.480 e. The van der Waals surface area contributed by atoms with Gasteiger partial charge in [0.1, 0.15) is 6.54 Å². The topological polar surface area (TPSA) is 60.9 Å². The van der Waals surface area contributed by atoms with Gasteiger partial charge in [0.25, 0.3) is 0 Å². The summed E-state index contributed by atoms with van der Waals surface area (Å²) in [6, 6.07) is -0.0355. The highest BCUT2D eigenvalue weighted by molar-refractivity contribution is 5.80. The van der Waals surface area contributed by atoms with Gasteiger partial charge in [-0.15, -0.1) is 0 Å². The Morgan fingerprint density at radius 2 is 2.00 bits per heavy atom. The third-order valence-corrected chi connectivity index (χ3v) is 3.33. The van der Waals surface area contributed by atoms with Crippen LogP contribution in [0.1, 0.15) is 33.1 Å². The molecule has 1 aliphatic carbocycles. The van der Waals surface area contributed by atoms with E-state index in [1.807, 2.05) is 13.8 Å². The van der Waals surface area contributed by atoms with Gasteiger partial charge >= 0.3 is 12.0 Å². The maximum absolute atomic E-state index is 12.1. The van der Waals surface area contributed by atoms with Gasteiger partial charge in [-0.1, -0.05) is 6.92 Å². The zero-order valence-electron chi connectivity index (χ0n) is 10.8. The summed E-state index contributed by atoms with van der Waals surface area (Å²) in [6.07, 6.45) is 3.08. The number of aliphatic carboxylic acids is 1. The maximum Gasteiger partial charge on any atom is 0.323 e. The van der Waals surface area contributed by atoms with Gasteiger partial charge < -0.3 is 14.9 Å². The molecule has 2 amide bonds. The van der Waals surface area contributed by atoms with Crippen LogP contribution in [0, 0.1) is 5.92 Å². The fraction of sp³-hybridized carbons (Fsp3) is 0.833. The lowest BCUT2D eigenvalue weighted by Gasteiger charge is -2.30. The number of carbonyl (C=O) groups excluding carboxylic acids is 1. The molecule has 0 bridgehead atoms. The molecule has 0 spiro atoms. The third-order valence-electron chi connectivity index (χ3n) is 3.33. The number of carboxylic acid groups (broad SMARTS) is 1. The highest BCUT2D eigenvalue weighted by Gasteiger charge is 2.30. The van der Waals surface area contributed by atoms with E-state index in [2.05, 4.69) is 0 Å². The van der Waals surface area contributed by atoms with Crippen molar-refractivity contribution >= 4 is 12.0 Å². The number of rotatable bonds is 6. The average Bonchev–Trinajstić information content (AvgIpc) is 3.08. The Morgan fingerprint density at radius 1 is 1.41 bits per heavy atom. The fourth-order valence-corrected chi connectivity index (χ4v) is 1.67. The smallest absolute Gasteiger partial charge is 0.323 e. The summed E-state index contributed by atoms with van der Waals surface area (Å²) < 4.78 is 0. The maximum atomic E-state index is 12.1. The zero-order valence-corrected chi connectivity index (χ0v) is 10.8. The highest BCUT2D eigenvalue weighted by Crippen LogP contribution is 2.30. The quantitative estimate of drug-likeness (QED) is 0.770. The molecule has 0 saturated heterocycles. The minimum absolute atomic E-state index is 0.137. The van der Waals surface area contributed by atoms with Gasteiger partial charge in [-0.05, 0) is 32.1 Å². The number of nitrogens with zero attached hydrogens (tertiary/aromatic N) is 2. The molecule has 17 heavy (non-hydrogen) atoms. The molecule has 5 heteroatoms. The molecule has 0 aliphatic heterocycles. The van der Waals surface area contributed by atoms with E-state index in [-0.39, 0.29) is 18.6 Å². The summed E-state index contributed by atoms with van der Waals surface area (Å²) in [5, 5.41) is 8.83. The first-order chi connectivity index (χ1) is 7.95. The summed E-state index contributed by atoms with van der Waals surface area (Å²) in [4.78, 5) is 26.0. The molecule has 0 aromatic carbocycles. The number of amides is 2. The second-order valence-electron chi connectivity index (χ2n) is 4.87. The fourth-order valence-electron chi connectivity index (χ4n) is 1.67. The van der Waals surface area contributed by atoms with E-state index in [0.717, 1.165) is 19.3 Å². The Kier molecular flexibility index (Phi) is 4.78. The molecule has 0 aromatic heterocycles. The van der Waals surface area contributed by atoms with E-state index in [4.69, 9.17) is 5.11 Å². The lowest BCUT2D eigenvalue weighted by atomic mass is 10.2. The Balaban J connectivity index is 2.59. The van der Waals surface area contributed by atoms with E-state index >= 15 is 0 Å². The molecular weight excluding hydrogens is 220 g/mol. The molecule has 0 aromatic rings. The average molecular weight is 242 g/mol. The lowest BCUT2D eigenvalue weighted by Crippen LogP contribution is -2.47. The van der Waals surface area contributed by atoms with Crippen LogP contribution in [0.5, 0.6) is 0 Å². The van der Waals surface area contributed by atoms with E-state index in [0.29, 0.717) is 12.5 Å². The summed E-state index contributed by atoms with van der Waals surface area (Å²) in [7, 11) is 1.73. The van der Waals surface area contributed by atoms with Gasteiger partial charge in [0.15, 0.2) is 0 Å². The van der Waals surface area contributed by atoms with Crippen LogP contribution in [0.2, 0.25) is 0 Å². The molecule has 1 N–H and O–H groups in total. The molecule has 1 aliphatic rings. The van der Waals surface area contributed by atoms with Gasteiger partial charge in [-0.2, -0.15) is 0 Å². The van der Waals surface area contributed by atoms with Gasteiger partial charge in [0.2, 0.25) is 0 Å². The predicted molar refractivity (Wildman–Crippen MR) is 64.8 cm³/mol. The van der Waals surface area contributed by atoms with Crippen LogP contribution >= 0.6 is 0 Å². The van der Waals surface area contributed by atoms with E-state index in [1.54, 1.807) is 11.9 Å². The first kappa shape index (κ1) is 13.8. The first-order valence-electron chi connectivity index (χ1n) is 6.19. The molecular formula is C12H22N2O3. The SMILES string of the molecule is CCC(C)N(C)C(=O)N(CC(=O)O)CC1CC1. The molecule has 1 atom stereocenters. The van der Waals surface area contributed by atoms with Crippen LogP contribution in [0.4, 0.5) is 4.79 Å². The Labute approximate surface area is 102 Å².